The van der Waals surface area contributed by atoms with Crippen LogP contribution in [0.1, 0.15) is 67.5 Å². The number of rotatable bonds is 8. The Kier molecular flexibility index (Phi) is 8.25. The summed E-state index contributed by atoms with van der Waals surface area (Å²) < 4.78 is 7.98. The van der Waals surface area contributed by atoms with Crippen LogP contribution in [0.5, 0.6) is 5.75 Å². The topological polar surface area (TPSA) is 92.8 Å². The summed E-state index contributed by atoms with van der Waals surface area (Å²) in [5.41, 5.74) is 1.78. The van der Waals surface area contributed by atoms with Gasteiger partial charge in [-0.05, 0) is 57.2 Å². The molecule has 1 unspecified atom stereocenters. The second-order valence-electron chi connectivity index (χ2n) is 8.23. The summed E-state index contributed by atoms with van der Waals surface area (Å²) in [7, 11) is 0. The number of carbonyl (C=O) groups is 1. The van der Waals surface area contributed by atoms with E-state index in [2.05, 4.69) is 21.6 Å². The summed E-state index contributed by atoms with van der Waals surface area (Å²) >= 11 is 2.90. The maximum Gasteiger partial charge on any atom is 0.235 e. The number of anilines is 1. The number of aromatic nitrogens is 3. The third-order valence-electron chi connectivity index (χ3n) is 5.85. The fourth-order valence-corrected chi connectivity index (χ4v) is 6.24. The van der Waals surface area contributed by atoms with Crippen LogP contribution < -0.4 is 10.1 Å². The normalized spacial score (nSPS) is 14.4. The first-order chi connectivity index (χ1) is 16.6. The Morgan fingerprint density at radius 2 is 2.00 bits per heavy atom. The fraction of sp³-hybridized carbons (Fsp3) is 0.440. The molecule has 1 aromatic carbocycles. The average Bonchev–Trinajstić information content (AvgIpc) is 3.38. The molecule has 9 heteroatoms. The molecule has 0 spiro atoms. The van der Waals surface area contributed by atoms with Crippen LogP contribution in [0.2, 0.25) is 0 Å². The van der Waals surface area contributed by atoms with Crippen LogP contribution >= 0.6 is 23.1 Å². The molecule has 178 valence electrons. The second-order valence-corrected chi connectivity index (χ2v) is 10.3. The SMILES string of the molecule is CCn1c(SCC(=O)Nc2sc3c(c2C#N)CCCCCC3)nnc1C(C)Oc1ccccc1. The van der Waals surface area contributed by atoms with E-state index in [-0.39, 0.29) is 17.8 Å². The molecule has 7 nitrogen and oxygen atoms in total. The van der Waals surface area contributed by atoms with E-state index in [1.807, 2.05) is 48.7 Å². The monoisotopic (exact) mass is 495 g/mol. The van der Waals surface area contributed by atoms with Gasteiger partial charge in [0, 0.05) is 11.4 Å². The Hall–Kier alpha value is -2.83. The Balaban J connectivity index is 1.41. The number of carbonyl (C=O) groups excluding carboxylic acids is 1. The predicted molar refractivity (Wildman–Crippen MR) is 135 cm³/mol. The van der Waals surface area contributed by atoms with Crippen molar-refractivity contribution in [2.24, 2.45) is 0 Å². The summed E-state index contributed by atoms with van der Waals surface area (Å²) in [6.45, 7) is 4.63. The molecule has 0 bridgehead atoms. The third-order valence-corrected chi connectivity index (χ3v) is 8.02. The summed E-state index contributed by atoms with van der Waals surface area (Å²) in [6, 6.07) is 11.9. The lowest BCUT2D eigenvalue weighted by atomic mass is 9.97. The molecule has 0 saturated carbocycles. The number of hydrogen-bond donors (Lipinski definition) is 1. The van der Waals surface area contributed by atoms with E-state index in [4.69, 9.17) is 4.74 Å². The zero-order valence-corrected chi connectivity index (χ0v) is 21.2. The Morgan fingerprint density at radius 3 is 2.74 bits per heavy atom. The molecule has 1 atom stereocenters. The van der Waals surface area contributed by atoms with E-state index >= 15 is 0 Å². The molecule has 2 heterocycles. The van der Waals surface area contributed by atoms with Gasteiger partial charge in [0.05, 0.1) is 11.3 Å². The fourth-order valence-electron chi connectivity index (χ4n) is 4.18. The van der Waals surface area contributed by atoms with Crippen LogP contribution in [0.4, 0.5) is 5.00 Å². The van der Waals surface area contributed by atoms with Gasteiger partial charge in [0.2, 0.25) is 5.91 Å². The molecule has 0 radical (unpaired) electrons. The minimum Gasteiger partial charge on any atom is -0.483 e. The zero-order chi connectivity index (χ0) is 23.9. The van der Waals surface area contributed by atoms with Gasteiger partial charge in [-0.2, -0.15) is 5.26 Å². The number of aryl methyl sites for hydroxylation is 1. The van der Waals surface area contributed by atoms with E-state index in [0.717, 1.165) is 42.8 Å². The van der Waals surface area contributed by atoms with E-state index in [9.17, 15) is 10.1 Å². The van der Waals surface area contributed by atoms with Crippen molar-refractivity contribution >= 4 is 34.0 Å². The first-order valence-electron chi connectivity index (χ1n) is 11.7. The van der Waals surface area contributed by atoms with Gasteiger partial charge in [-0.25, -0.2) is 0 Å². The Morgan fingerprint density at radius 1 is 1.24 bits per heavy atom. The van der Waals surface area contributed by atoms with Crippen molar-refractivity contribution in [3.63, 3.8) is 0 Å². The summed E-state index contributed by atoms with van der Waals surface area (Å²) in [5.74, 6) is 1.54. The minimum absolute atomic E-state index is 0.142. The van der Waals surface area contributed by atoms with Crippen molar-refractivity contribution in [2.75, 3.05) is 11.1 Å². The Bertz CT molecular complexity index is 1170. The van der Waals surface area contributed by atoms with Crippen molar-refractivity contribution in [1.82, 2.24) is 14.8 Å². The van der Waals surface area contributed by atoms with E-state index in [0.29, 0.717) is 22.3 Å². The van der Waals surface area contributed by atoms with Gasteiger partial charge in [0.15, 0.2) is 17.1 Å². The number of thioether (sulfide) groups is 1. The van der Waals surface area contributed by atoms with Gasteiger partial charge >= 0.3 is 0 Å². The quantitative estimate of drug-likeness (QED) is 0.399. The van der Waals surface area contributed by atoms with Crippen LogP contribution in [0, 0.1) is 11.3 Å². The second kappa shape index (κ2) is 11.5. The highest BCUT2D eigenvalue weighted by Crippen LogP contribution is 2.36. The molecule has 2 aromatic heterocycles. The van der Waals surface area contributed by atoms with Crippen LogP contribution in [0.3, 0.4) is 0 Å². The molecule has 1 aliphatic rings. The smallest absolute Gasteiger partial charge is 0.235 e. The molecule has 0 aliphatic heterocycles. The number of benzene rings is 1. The van der Waals surface area contributed by atoms with Gasteiger partial charge in [-0.15, -0.1) is 21.5 Å². The largest absolute Gasteiger partial charge is 0.483 e. The van der Waals surface area contributed by atoms with E-state index in [1.54, 1.807) is 11.3 Å². The van der Waals surface area contributed by atoms with Crippen molar-refractivity contribution in [3.05, 3.63) is 52.2 Å². The van der Waals surface area contributed by atoms with Crippen LogP contribution in [0.25, 0.3) is 0 Å². The van der Waals surface area contributed by atoms with Gasteiger partial charge in [-0.3, -0.25) is 4.79 Å². The maximum atomic E-state index is 12.8. The Labute approximate surface area is 208 Å². The van der Waals surface area contributed by atoms with Gasteiger partial charge in [-0.1, -0.05) is 42.8 Å². The molecule has 3 aromatic rings. The lowest BCUT2D eigenvalue weighted by Crippen LogP contribution is -2.15. The number of fused-ring (bicyclic) bond motifs is 1. The molecule has 1 amide bonds. The molecule has 1 aliphatic carbocycles. The van der Waals surface area contributed by atoms with Gasteiger partial charge < -0.3 is 14.6 Å². The highest BCUT2D eigenvalue weighted by Gasteiger charge is 2.22. The van der Waals surface area contributed by atoms with Crippen molar-refractivity contribution < 1.29 is 9.53 Å². The first kappa shape index (κ1) is 24.3. The average molecular weight is 496 g/mol. The van der Waals surface area contributed by atoms with Crippen LogP contribution in [-0.2, 0) is 24.2 Å². The standard InChI is InChI=1S/C25H29N5O2S2/c1-3-30-23(17(2)32-18-11-7-6-8-12-18)28-29-25(30)33-16-22(31)27-24-20(15-26)19-13-9-4-5-10-14-21(19)34-24/h6-8,11-12,17H,3-5,9-10,13-14,16H2,1-2H3,(H,27,31). The van der Waals surface area contributed by atoms with E-state index < -0.39 is 0 Å². The predicted octanol–water partition coefficient (Wildman–Crippen LogP) is 5.76. The zero-order valence-electron chi connectivity index (χ0n) is 19.5. The highest BCUT2D eigenvalue weighted by atomic mass is 32.2. The van der Waals surface area contributed by atoms with Gasteiger partial charge in [0.25, 0.3) is 0 Å². The number of nitrogens with one attached hydrogen (secondary N) is 1. The number of para-hydroxylation sites is 1. The van der Waals surface area contributed by atoms with Crippen molar-refractivity contribution in [3.8, 4) is 11.8 Å². The number of amides is 1. The van der Waals surface area contributed by atoms with Crippen molar-refractivity contribution in [1.29, 1.82) is 5.26 Å². The summed E-state index contributed by atoms with van der Waals surface area (Å²) in [5, 5.41) is 22.7. The van der Waals surface area contributed by atoms with Crippen LogP contribution in [0.15, 0.2) is 35.5 Å². The minimum atomic E-state index is -0.276. The molecular formula is C25H29N5O2S2. The van der Waals surface area contributed by atoms with E-state index in [1.165, 1.54) is 29.5 Å². The number of hydrogen-bond acceptors (Lipinski definition) is 7. The van der Waals surface area contributed by atoms with Crippen LogP contribution in [-0.4, -0.2) is 26.4 Å². The van der Waals surface area contributed by atoms with Crippen molar-refractivity contribution in [2.45, 2.75) is 70.2 Å². The first-order valence-corrected chi connectivity index (χ1v) is 13.5. The molecule has 0 fully saturated rings. The highest BCUT2D eigenvalue weighted by molar-refractivity contribution is 7.99. The maximum absolute atomic E-state index is 12.8. The lowest BCUT2D eigenvalue weighted by molar-refractivity contribution is -0.113. The molecule has 34 heavy (non-hydrogen) atoms. The van der Waals surface area contributed by atoms with Gasteiger partial charge in [0.1, 0.15) is 16.8 Å². The number of nitriles is 1. The molecule has 4 rings (SSSR count). The number of ether oxygens (including phenoxy) is 1. The third kappa shape index (κ3) is 5.62. The molecule has 1 N–H and O–H groups in total. The number of thiophene rings is 1. The summed E-state index contributed by atoms with van der Waals surface area (Å²) in [6.07, 6.45) is 6.31. The molecular weight excluding hydrogens is 466 g/mol. The lowest BCUT2D eigenvalue weighted by Gasteiger charge is -2.15. The summed E-state index contributed by atoms with van der Waals surface area (Å²) in [4.78, 5) is 14.0. The molecule has 0 saturated heterocycles. The number of nitrogens with zero attached hydrogens (tertiary/aromatic N) is 4.